The summed E-state index contributed by atoms with van der Waals surface area (Å²) in [4.78, 5) is 0. The molecule has 0 nitrogen and oxygen atoms in total. The molecule has 0 saturated heterocycles. The summed E-state index contributed by atoms with van der Waals surface area (Å²) in [5, 5.41) is 0. The maximum atomic E-state index is 7.83. The number of hydrogen-bond donors (Lipinski definition) is 0. The van der Waals surface area contributed by atoms with Gasteiger partial charge in [-0.1, -0.05) is 39.7 Å². The van der Waals surface area contributed by atoms with E-state index in [1.165, 1.54) is 0 Å². The molecule has 3 aliphatic carbocycles. The highest BCUT2D eigenvalue weighted by Gasteiger charge is 2.89. The van der Waals surface area contributed by atoms with Crippen molar-refractivity contribution in [2.24, 2.45) is 28.1 Å². The first kappa shape index (κ1) is 3.48. The Morgan fingerprint density at radius 3 is 2.67 bits per heavy atom. The Morgan fingerprint density at radius 2 is 2.08 bits per heavy atom. The molecule has 3 rings (SSSR count). The zero-order chi connectivity index (χ0) is 13.8. The maximum Gasteiger partial charge on any atom is 0.0236 e. The largest absolute Gasteiger partial charge is 0.0879 e. The minimum absolute atomic E-state index is 0.128. The van der Waals surface area contributed by atoms with Gasteiger partial charge in [0.05, 0.1) is 0 Å². The van der Waals surface area contributed by atoms with Gasteiger partial charge in [0.1, 0.15) is 0 Å². The van der Waals surface area contributed by atoms with Crippen molar-refractivity contribution in [3.05, 3.63) is 12.2 Å². The van der Waals surface area contributed by atoms with E-state index in [4.69, 9.17) is 8.22 Å². The van der Waals surface area contributed by atoms with Crippen LogP contribution in [0.1, 0.15) is 42.2 Å². The molecule has 0 unspecified atom stereocenters. The molecular formula is C12H18. The summed E-state index contributed by atoms with van der Waals surface area (Å²) in [6.45, 7) is -1.12. The molecule has 0 aromatic carbocycles. The predicted molar refractivity (Wildman–Crippen MR) is 50.7 cm³/mol. The highest BCUT2D eigenvalue weighted by atomic mass is 14.9. The third-order valence-electron chi connectivity index (χ3n) is 5.15. The Kier molecular flexibility index (Phi) is 0.413. The van der Waals surface area contributed by atoms with E-state index in [0.717, 1.165) is 6.42 Å². The van der Waals surface area contributed by atoms with Crippen molar-refractivity contribution in [3.8, 4) is 0 Å². The van der Waals surface area contributed by atoms with Gasteiger partial charge in [0.25, 0.3) is 0 Å². The summed E-state index contributed by atoms with van der Waals surface area (Å²) in [6.07, 6.45) is 4.93. The topological polar surface area (TPSA) is 0 Å². The van der Waals surface area contributed by atoms with Crippen LogP contribution in [-0.2, 0) is 0 Å². The van der Waals surface area contributed by atoms with E-state index >= 15 is 0 Å². The van der Waals surface area contributed by atoms with Crippen LogP contribution >= 0.6 is 0 Å². The molecule has 2 saturated carbocycles. The summed E-state index contributed by atoms with van der Waals surface area (Å²) in [6, 6.07) is 0. The van der Waals surface area contributed by atoms with Gasteiger partial charge in [0.15, 0.2) is 0 Å². The van der Waals surface area contributed by atoms with Crippen LogP contribution in [0, 0.1) is 28.1 Å². The van der Waals surface area contributed by atoms with Gasteiger partial charge >= 0.3 is 0 Å². The molecule has 0 aromatic heterocycles. The Balaban J connectivity index is 2.20. The van der Waals surface area contributed by atoms with Gasteiger partial charge in [0.2, 0.25) is 0 Å². The summed E-state index contributed by atoms with van der Waals surface area (Å²) >= 11 is 0. The number of rotatable bonds is 0. The third kappa shape index (κ3) is 0.341. The molecule has 0 aliphatic heterocycles. The molecule has 0 spiro atoms. The Hall–Kier alpha value is -0.260. The maximum absolute atomic E-state index is 7.83. The van der Waals surface area contributed by atoms with Crippen molar-refractivity contribution in [3.63, 3.8) is 0 Å². The van der Waals surface area contributed by atoms with Gasteiger partial charge < -0.3 is 0 Å². The highest BCUT2D eigenvalue weighted by molar-refractivity contribution is 5.41. The fraction of sp³-hybridized carbons (Fsp3) is 0.833. The van der Waals surface area contributed by atoms with E-state index in [9.17, 15) is 0 Å². The van der Waals surface area contributed by atoms with Crippen molar-refractivity contribution in [2.75, 3.05) is 0 Å². The van der Waals surface area contributed by atoms with Gasteiger partial charge in [-0.05, 0) is 34.5 Å². The van der Waals surface area contributed by atoms with E-state index in [0.29, 0.717) is 0 Å². The van der Waals surface area contributed by atoms with Crippen LogP contribution < -0.4 is 0 Å². The second-order valence-electron chi connectivity index (χ2n) is 4.95. The van der Waals surface area contributed by atoms with Gasteiger partial charge in [-0.25, -0.2) is 0 Å². The van der Waals surface area contributed by atoms with Gasteiger partial charge in [0, 0.05) is 8.22 Å². The van der Waals surface area contributed by atoms with E-state index in [-0.39, 0.29) is 11.8 Å². The average molecular weight is 168 g/mol. The highest BCUT2D eigenvalue weighted by Crippen LogP contribution is 2.94. The molecule has 0 aromatic rings. The smallest absolute Gasteiger partial charge is 0.0236 e. The Morgan fingerprint density at radius 1 is 1.33 bits per heavy atom. The Labute approximate surface area is 83.5 Å². The molecule has 0 N–H and O–H groups in total. The summed E-state index contributed by atoms with van der Waals surface area (Å²) in [7, 11) is 0. The SMILES string of the molecule is [2H]C([2H])([2H])C1(C([2H])([2H])[2H])[C@]2(C)[C@@H]3C=CC[C@@H]3[C@]12C. The van der Waals surface area contributed by atoms with Gasteiger partial charge in [-0.3, -0.25) is 0 Å². The van der Waals surface area contributed by atoms with Crippen LogP contribution in [-0.4, -0.2) is 0 Å². The molecule has 12 heavy (non-hydrogen) atoms. The van der Waals surface area contributed by atoms with Crippen molar-refractivity contribution < 1.29 is 8.22 Å². The molecule has 2 fully saturated rings. The molecule has 0 heteroatoms. The lowest BCUT2D eigenvalue weighted by Gasteiger charge is -2.44. The second-order valence-corrected chi connectivity index (χ2v) is 4.95. The minimum Gasteiger partial charge on any atom is -0.0879 e. The summed E-state index contributed by atoms with van der Waals surface area (Å²) < 4.78 is 47.0. The number of allylic oxidation sites excluding steroid dienone is 2. The summed E-state index contributed by atoms with van der Waals surface area (Å²) in [5.41, 5.74) is -2.71. The zero-order valence-corrected chi connectivity index (χ0v) is 7.52. The first-order chi connectivity index (χ1) is 7.98. The zero-order valence-electron chi connectivity index (χ0n) is 13.5. The van der Waals surface area contributed by atoms with Crippen LogP contribution in [0.2, 0.25) is 0 Å². The van der Waals surface area contributed by atoms with Crippen molar-refractivity contribution in [2.45, 2.75) is 34.0 Å². The van der Waals surface area contributed by atoms with Gasteiger partial charge in [-0.2, -0.15) is 0 Å². The normalized spacial score (nSPS) is 73.2. The van der Waals surface area contributed by atoms with Crippen LogP contribution in [0.4, 0.5) is 0 Å². The second kappa shape index (κ2) is 1.42. The van der Waals surface area contributed by atoms with Gasteiger partial charge in [-0.15, -0.1) is 0 Å². The molecule has 0 bridgehead atoms. The first-order valence-electron chi connectivity index (χ1n) is 7.64. The van der Waals surface area contributed by atoms with Crippen molar-refractivity contribution in [1.29, 1.82) is 0 Å². The lowest BCUT2D eigenvalue weighted by molar-refractivity contribution is 0.0513. The van der Waals surface area contributed by atoms with E-state index < -0.39 is 29.9 Å². The molecule has 66 valence electrons. The fourth-order valence-electron chi connectivity index (χ4n) is 3.97. The molecule has 4 atom stereocenters. The predicted octanol–water partition coefficient (Wildman–Crippen LogP) is 3.24. The van der Waals surface area contributed by atoms with E-state index in [1.54, 1.807) is 0 Å². The van der Waals surface area contributed by atoms with E-state index in [1.807, 2.05) is 19.9 Å². The summed E-state index contributed by atoms with van der Waals surface area (Å²) in [5.74, 6) is 0.326. The van der Waals surface area contributed by atoms with Crippen LogP contribution in [0.3, 0.4) is 0 Å². The number of fused-ring (bicyclic) bond motifs is 4. The van der Waals surface area contributed by atoms with Crippen LogP contribution in [0.5, 0.6) is 0 Å². The van der Waals surface area contributed by atoms with Crippen molar-refractivity contribution >= 4 is 0 Å². The van der Waals surface area contributed by atoms with Crippen LogP contribution in [0.15, 0.2) is 12.2 Å². The Bertz CT molecular complexity index is 430. The monoisotopic (exact) mass is 168 g/mol. The molecule has 0 radical (unpaired) electrons. The quantitative estimate of drug-likeness (QED) is 0.487. The molecule has 0 amide bonds. The lowest BCUT2D eigenvalue weighted by Crippen LogP contribution is -2.39. The average Bonchev–Trinajstić information content (AvgIpc) is 2.52. The lowest BCUT2D eigenvalue weighted by atomic mass is 9.60. The first-order valence-corrected chi connectivity index (χ1v) is 4.64. The molecule has 3 aliphatic rings. The van der Waals surface area contributed by atoms with Crippen molar-refractivity contribution in [1.82, 2.24) is 0 Å². The van der Waals surface area contributed by atoms with Crippen LogP contribution in [0.25, 0.3) is 0 Å². The fourth-order valence-corrected chi connectivity index (χ4v) is 3.97. The van der Waals surface area contributed by atoms with E-state index in [2.05, 4.69) is 6.08 Å². The minimum atomic E-state index is -2.43. The standard InChI is InChI=1S/C12H18/c1-10(2)11(3)8-6-5-7-9(8)12(10,11)4/h5-6,8-9H,7H2,1-4H3/t8-,9+,11+,12-/m1/s1/i1D3,2D3. The molecular weight excluding hydrogens is 144 g/mol. The number of hydrogen-bond acceptors (Lipinski definition) is 0. The molecule has 0 heterocycles. The third-order valence-corrected chi connectivity index (χ3v) is 5.15.